The third-order valence-corrected chi connectivity index (χ3v) is 3.69. The van der Waals surface area contributed by atoms with Gasteiger partial charge in [0.25, 0.3) is 0 Å². The monoisotopic (exact) mass is 285 g/mol. The Bertz CT molecular complexity index is 404. The topological polar surface area (TPSA) is 29.1 Å². The van der Waals surface area contributed by atoms with Crippen LogP contribution in [0.2, 0.25) is 0 Å². The van der Waals surface area contributed by atoms with E-state index < -0.39 is 0 Å². The first-order valence-corrected chi connectivity index (χ1v) is 6.11. The maximum atomic E-state index is 13.2. The second-order valence-corrected chi connectivity index (χ2v) is 4.95. The zero-order valence-electron chi connectivity index (χ0n) is 8.80. The molecule has 0 spiro atoms. The van der Waals surface area contributed by atoms with Crippen molar-refractivity contribution in [2.24, 2.45) is 5.92 Å². The molecule has 0 bridgehead atoms. The summed E-state index contributed by atoms with van der Waals surface area (Å²) in [6.45, 7) is 1.85. The van der Waals surface area contributed by atoms with Gasteiger partial charge in [-0.2, -0.15) is 0 Å². The lowest BCUT2D eigenvalue weighted by Gasteiger charge is -2.26. The maximum Gasteiger partial charge on any atom is 0.137 e. The van der Waals surface area contributed by atoms with Gasteiger partial charge in [0.15, 0.2) is 0 Å². The highest BCUT2D eigenvalue weighted by Crippen LogP contribution is 2.22. The summed E-state index contributed by atoms with van der Waals surface area (Å²) in [7, 11) is 0. The molecule has 2 nitrogen and oxygen atoms in total. The molecule has 0 atom stereocenters. The summed E-state index contributed by atoms with van der Waals surface area (Å²) in [5.41, 5.74) is 0.734. The van der Waals surface area contributed by atoms with Gasteiger partial charge in [-0.1, -0.05) is 12.1 Å². The lowest BCUT2D eigenvalue weighted by molar-refractivity contribution is -0.119. The van der Waals surface area contributed by atoms with Crippen molar-refractivity contribution in [3.05, 3.63) is 34.1 Å². The molecule has 16 heavy (non-hydrogen) atoms. The average Bonchev–Trinajstić information content (AvgIpc) is 2.19. The summed E-state index contributed by atoms with van der Waals surface area (Å²) in [5.74, 6) is 0.341. The lowest BCUT2D eigenvalue weighted by Crippen LogP contribution is -2.43. The van der Waals surface area contributed by atoms with E-state index in [1.807, 2.05) is 0 Å². The highest BCUT2D eigenvalue weighted by molar-refractivity contribution is 9.10. The van der Waals surface area contributed by atoms with Crippen LogP contribution in [0.3, 0.4) is 0 Å². The highest BCUT2D eigenvalue weighted by atomic mass is 79.9. The number of carbonyl (C=O) groups is 1. The number of Topliss-reactive ketones (excluding diaryl/α,β-unsaturated/α-hetero) is 1. The normalized spacial score (nSPS) is 15.9. The van der Waals surface area contributed by atoms with Crippen LogP contribution in [-0.2, 0) is 11.2 Å². The van der Waals surface area contributed by atoms with E-state index in [9.17, 15) is 9.18 Å². The number of ketones is 1. The van der Waals surface area contributed by atoms with Gasteiger partial charge in [0.05, 0.1) is 4.47 Å². The molecule has 0 amide bonds. The van der Waals surface area contributed by atoms with Crippen molar-refractivity contribution in [1.29, 1.82) is 0 Å². The highest BCUT2D eigenvalue weighted by Gasteiger charge is 2.20. The molecule has 1 N–H and O–H groups in total. The third-order valence-electron chi connectivity index (χ3n) is 2.80. The van der Waals surface area contributed by atoms with Gasteiger partial charge in [-0.25, -0.2) is 4.39 Å². The summed E-state index contributed by atoms with van der Waals surface area (Å²) < 4.78 is 13.6. The van der Waals surface area contributed by atoms with Gasteiger partial charge in [-0.05, 0) is 46.6 Å². The zero-order chi connectivity index (χ0) is 11.5. The molecule has 2 rings (SSSR count). The Morgan fingerprint density at radius 1 is 1.50 bits per heavy atom. The fourth-order valence-corrected chi connectivity index (χ4v) is 2.19. The van der Waals surface area contributed by atoms with Crippen LogP contribution in [0.4, 0.5) is 4.39 Å². The van der Waals surface area contributed by atoms with E-state index in [1.165, 1.54) is 6.07 Å². The smallest absolute Gasteiger partial charge is 0.137 e. The Morgan fingerprint density at radius 3 is 2.88 bits per heavy atom. The summed E-state index contributed by atoms with van der Waals surface area (Å²) >= 11 is 3.17. The molecule has 1 fully saturated rings. The van der Waals surface area contributed by atoms with Crippen LogP contribution in [0, 0.1) is 11.7 Å². The van der Waals surface area contributed by atoms with Gasteiger partial charge in [-0.15, -0.1) is 0 Å². The van der Waals surface area contributed by atoms with Crippen molar-refractivity contribution in [3.63, 3.8) is 0 Å². The average molecular weight is 286 g/mol. The molecule has 0 aliphatic carbocycles. The maximum absolute atomic E-state index is 13.2. The number of carbonyl (C=O) groups excluding carboxylic acids is 1. The summed E-state index contributed by atoms with van der Waals surface area (Å²) in [5, 5.41) is 3.13. The van der Waals surface area contributed by atoms with E-state index in [4.69, 9.17) is 0 Å². The SMILES string of the molecule is O=C(Cc1cccc(F)c1Br)CC1CNC1. The first-order chi connectivity index (χ1) is 7.66. The van der Waals surface area contributed by atoms with Gasteiger partial charge in [-0.3, -0.25) is 4.79 Å². The van der Waals surface area contributed by atoms with Crippen molar-refractivity contribution in [2.75, 3.05) is 13.1 Å². The Hall–Kier alpha value is -0.740. The largest absolute Gasteiger partial charge is 0.316 e. The molecule has 0 radical (unpaired) electrons. The number of halogens is 2. The Kier molecular flexibility index (Phi) is 3.71. The van der Waals surface area contributed by atoms with E-state index in [-0.39, 0.29) is 11.6 Å². The van der Waals surface area contributed by atoms with Crippen LogP contribution < -0.4 is 5.32 Å². The second-order valence-electron chi connectivity index (χ2n) is 4.16. The van der Waals surface area contributed by atoms with Gasteiger partial charge in [0.2, 0.25) is 0 Å². The van der Waals surface area contributed by atoms with Gasteiger partial charge in [0, 0.05) is 12.8 Å². The van der Waals surface area contributed by atoms with Crippen molar-refractivity contribution in [3.8, 4) is 0 Å². The number of hydrogen-bond donors (Lipinski definition) is 1. The molecular formula is C12H13BrFNO. The van der Waals surface area contributed by atoms with Crippen molar-refractivity contribution in [2.45, 2.75) is 12.8 Å². The minimum atomic E-state index is -0.310. The van der Waals surface area contributed by atoms with Crippen LogP contribution in [0.1, 0.15) is 12.0 Å². The van der Waals surface area contributed by atoms with E-state index in [0.29, 0.717) is 23.2 Å². The fraction of sp³-hybridized carbons (Fsp3) is 0.417. The van der Waals surface area contributed by atoms with E-state index in [1.54, 1.807) is 12.1 Å². The van der Waals surface area contributed by atoms with Crippen LogP contribution in [-0.4, -0.2) is 18.9 Å². The minimum absolute atomic E-state index is 0.179. The molecule has 0 unspecified atom stereocenters. The predicted octanol–water partition coefficient (Wildman–Crippen LogP) is 2.31. The van der Waals surface area contributed by atoms with E-state index in [0.717, 1.165) is 18.7 Å². The molecule has 1 aliphatic heterocycles. The number of rotatable bonds is 4. The van der Waals surface area contributed by atoms with E-state index >= 15 is 0 Å². The predicted molar refractivity (Wildman–Crippen MR) is 63.8 cm³/mol. The van der Waals surface area contributed by atoms with Gasteiger partial charge < -0.3 is 5.32 Å². The molecule has 1 heterocycles. The molecule has 1 saturated heterocycles. The third kappa shape index (κ3) is 2.68. The summed E-state index contributed by atoms with van der Waals surface area (Å²) in [6, 6.07) is 4.80. The molecule has 86 valence electrons. The van der Waals surface area contributed by atoms with Crippen LogP contribution >= 0.6 is 15.9 Å². The second kappa shape index (κ2) is 5.06. The van der Waals surface area contributed by atoms with E-state index in [2.05, 4.69) is 21.2 Å². The molecule has 1 aromatic carbocycles. The molecular weight excluding hydrogens is 273 g/mol. The molecule has 0 saturated carbocycles. The Morgan fingerprint density at radius 2 is 2.25 bits per heavy atom. The lowest BCUT2D eigenvalue weighted by atomic mass is 9.94. The summed E-state index contributed by atoms with van der Waals surface area (Å²) in [6.07, 6.45) is 0.908. The molecule has 4 heteroatoms. The first kappa shape index (κ1) is 11.7. The van der Waals surface area contributed by atoms with Crippen molar-refractivity contribution in [1.82, 2.24) is 5.32 Å². The standard InChI is InChI=1S/C12H13BrFNO/c13-12-9(2-1-3-11(12)14)5-10(16)4-8-6-15-7-8/h1-3,8,15H,4-7H2. The Labute approximate surface area is 102 Å². The van der Waals surface area contributed by atoms with Crippen LogP contribution in [0.5, 0.6) is 0 Å². The molecule has 1 aromatic rings. The number of benzene rings is 1. The quantitative estimate of drug-likeness (QED) is 0.920. The molecule has 1 aliphatic rings. The zero-order valence-corrected chi connectivity index (χ0v) is 10.4. The van der Waals surface area contributed by atoms with Gasteiger partial charge >= 0.3 is 0 Å². The van der Waals surface area contributed by atoms with Gasteiger partial charge in [0.1, 0.15) is 11.6 Å². The van der Waals surface area contributed by atoms with Crippen LogP contribution in [0.25, 0.3) is 0 Å². The summed E-state index contributed by atoms with van der Waals surface area (Å²) in [4.78, 5) is 11.7. The number of hydrogen-bond acceptors (Lipinski definition) is 2. The minimum Gasteiger partial charge on any atom is -0.316 e. The molecule has 0 aromatic heterocycles. The first-order valence-electron chi connectivity index (χ1n) is 5.32. The Balaban J connectivity index is 1.97. The van der Waals surface area contributed by atoms with Crippen LogP contribution in [0.15, 0.2) is 22.7 Å². The van der Waals surface area contributed by atoms with Crippen molar-refractivity contribution >= 4 is 21.7 Å². The fourth-order valence-electron chi connectivity index (χ4n) is 1.78. The van der Waals surface area contributed by atoms with Crippen molar-refractivity contribution < 1.29 is 9.18 Å². The number of nitrogens with one attached hydrogen (secondary N) is 1.